The molecule has 0 aliphatic carbocycles. The Labute approximate surface area is 137 Å². The molecule has 0 saturated heterocycles. The van der Waals surface area contributed by atoms with Crippen LogP contribution in [-0.2, 0) is 0 Å². The molecule has 0 atom stereocenters. The van der Waals surface area contributed by atoms with Crippen LogP contribution in [0.15, 0.2) is 0 Å². The summed E-state index contributed by atoms with van der Waals surface area (Å²) in [6.07, 6.45) is 5.16. The third-order valence-corrected chi connectivity index (χ3v) is 15.6. The summed E-state index contributed by atoms with van der Waals surface area (Å²) in [5, 5.41) is 1.69. The first-order valence-electron chi connectivity index (χ1n) is 9.14. The largest absolute Gasteiger partial charge is 0.0756 e. The van der Waals surface area contributed by atoms with E-state index in [0.717, 1.165) is 0 Å². The molecule has 1 heteroatoms. The van der Waals surface area contributed by atoms with E-state index in [9.17, 15) is 0 Å². The van der Waals surface area contributed by atoms with Gasteiger partial charge in [-0.25, -0.2) is 0 Å². The van der Waals surface area contributed by atoms with E-state index < -0.39 is 7.26 Å². The summed E-state index contributed by atoms with van der Waals surface area (Å²) in [5.41, 5.74) is 0. The minimum atomic E-state index is -1.31. The fourth-order valence-electron chi connectivity index (χ4n) is 5.86. The smallest absolute Gasteiger partial charge is 0.0614 e. The summed E-state index contributed by atoms with van der Waals surface area (Å²) in [4.78, 5) is 0. The Hall–Kier alpha value is 0.430. The lowest BCUT2D eigenvalue weighted by atomic mass is 10.1. The molecular formula is C20H44P+. The van der Waals surface area contributed by atoms with E-state index in [2.05, 4.69) is 83.1 Å². The van der Waals surface area contributed by atoms with Gasteiger partial charge in [0.25, 0.3) is 0 Å². The quantitative estimate of drug-likeness (QED) is 0.401. The van der Waals surface area contributed by atoms with Crippen LogP contribution in [0.4, 0.5) is 0 Å². The Bertz CT molecular complexity index is 264. The summed E-state index contributed by atoms with van der Waals surface area (Å²) in [7, 11) is -1.31. The Kier molecular flexibility index (Phi) is 6.64. The second-order valence-electron chi connectivity index (χ2n) is 9.33. The molecule has 0 aliphatic heterocycles. The molecule has 0 aliphatic rings. The average Bonchev–Trinajstić information content (AvgIpc) is 2.37. The summed E-state index contributed by atoms with van der Waals surface area (Å²) in [6, 6.07) is 0. The van der Waals surface area contributed by atoms with Crippen molar-refractivity contribution in [1.29, 1.82) is 0 Å². The van der Waals surface area contributed by atoms with E-state index >= 15 is 0 Å². The molecule has 0 fully saturated rings. The van der Waals surface area contributed by atoms with Crippen LogP contribution in [0.3, 0.4) is 0 Å². The van der Waals surface area contributed by atoms with E-state index in [-0.39, 0.29) is 0 Å². The second kappa shape index (κ2) is 6.51. The van der Waals surface area contributed by atoms with Crippen LogP contribution in [0, 0.1) is 0 Å². The Morgan fingerprint density at radius 3 is 0.667 bits per heavy atom. The van der Waals surface area contributed by atoms with E-state index in [1.165, 1.54) is 25.7 Å². The highest BCUT2D eigenvalue weighted by Crippen LogP contribution is 2.91. The summed E-state index contributed by atoms with van der Waals surface area (Å²) < 4.78 is 0. The van der Waals surface area contributed by atoms with Crippen LogP contribution in [0.1, 0.15) is 109 Å². The van der Waals surface area contributed by atoms with Crippen molar-refractivity contribution < 1.29 is 0 Å². The molecule has 21 heavy (non-hydrogen) atoms. The van der Waals surface area contributed by atoms with Crippen molar-refractivity contribution in [2.45, 2.75) is 129 Å². The molecule has 0 rings (SSSR count). The van der Waals surface area contributed by atoms with Crippen LogP contribution < -0.4 is 0 Å². The molecule has 0 N–H and O–H groups in total. The summed E-state index contributed by atoms with van der Waals surface area (Å²) in [6.45, 7) is 30.3. The van der Waals surface area contributed by atoms with E-state index in [1.807, 2.05) is 0 Å². The Morgan fingerprint density at radius 1 is 0.429 bits per heavy atom. The third-order valence-electron chi connectivity index (χ3n) is 7.09. The molecule has 0 saturated carbocycles. The van der Waals surface area contributed by atoms with Crippen LogP contribution in [0.2, 0.25) is 0 Å². The molecule has 0 radical (unpaired) electrons. The first-order valence-corrected chi connectivity index (χ1v) is 10.9. The molecule has 0 aromatic carbocycles. The van der Waals surface area contributed by atoms with Gasteiger partial charge in [0, 0.05) is 7.26 Å². The van der Waals surface area contributed by atoms with Crippen molar-refractivity contribution in [2.75, 3.05) is 0 Å². The maximum absolute atomic E-state index is 2.58. The maximum atomic E-state index is 2.58. The van der Waals surface area contributed by atoms with Crippen molar-refractivity contribution in [2.24, 2.45) is 0 Å². The molecule has 0 nitrogen and oxygen atoms in total. The van der Waals surface area contributed by atoms with Crippen LogP contribution in [-0.4, -0.2) is 20.6 Å². The topological polar surface area (TPSA) is 0 Å². The zero-order valence-corrected chi connectivity index (χ0v) is 18.2. The average molecular weight is 316 g/mol. The lowest BCUT2D eigenvalue weighted by Gasteiger charge is -2.63. The van der Waals surface area contributed by atoms with Crippen molar-refractivity contribution in [3.8, 4) is 0 Å². The predicted octanol–water partition coefficient (Wildman–Crippen LogP) is 7.76. The molecule has 0 aromatic rings. The van der Waals surface area contributed by atoms with Gasteiger partial charge in [0.15, 0.2) is 0 Å². The highest BCUT2D eigenvalue weighted by Gasteiger charge is 2.73. The number of rotatable bonds is 8. The van der Waals surface area contributed by atoms with Crippen molar-refractivity contribution in [3.05, 3.63) is 0 Å². The molecule has 0 aromatic heterocycles. The molecule has 0 unspecified atom stereocenters. The van der Waals surface area contributed by atoms with Gasteiger partial charge in [-0.15, -0.1) is 0 Å². The second-order valence-corrected chi connectivity index (χ2v) is 15.5. The fraction of sp³-hybridized carbons (Fsp3) is 1.00. The van der Waals surface area contributed by atoms with Crippen LogP contribution in [0.25, 0.3) is 0 Å². The molecule has 0 amide bonds. The van der Waals surface area contributed by atoms with E-state index in [1.54, 1.807) is 0 Å². The zero-order chi connectivity index (χ0) is 17.3. The molecule has 128 valence electrons. The first kappa shape index (κ1) is 21.4. The zero-order valence-electron chi connectivity index (χ0n) is 17.3. The third kappa shape index (κ3) is 2.96. The van der Waals surface area contributed by atoms with Gasteiger partial charge in [-0.05, 0) is 81.1 Å². The monoisotopic (exact) mass is 315 g/mol. The number of hydrogen-bond donors (Lipinski definition) is 0. The predicted molar refractivity (Wildman–Crippen MR) is 104 cm³/mol. The standard InChI is InChI=1S/C20H44P/c1-13-17(5,6)21(18(7,8)14-2,19(9,10)15-3)20(11,12)16-4/h13-16H2,1-12H3/q+1. The van der Waals surface area contributed by atoms with Gasteiger partial charge in [0.1, 0.15) is 0 Å². The molecule has 0 heterocycles. The Balaban J connectivity index is 6.85. The fourth-order valence-corrected chi connectivity index (χ4v) is 17.6. The van der Waals surface area contributed by atoms with Gasteiger partial charge in [-0.3, -0.25) is 0 Å². The highest BCUT2D eigenvalue weighted by molar-refractivity contribution is 7.81. The van der Waals surface area contributed by atoms with Crippen LogP contribution >= 0.6 is 7.26 Å². The van der Waals surface area contributed by atoms with Gasteiger partial charge in [-0.2, -0.15) is 0 Å². The van der Waals surface area contributed by atoms with E-state index in [4.69, 9.17) is 0 Å². The lowest BCUT2D eigenvalue weighted by Crippen LogP contribution is -2.55. The van der Waals surface area contributed by atoms with Crippen molar-refractivity contribution in [3.63, 3.8) is 0 Å². The summed E-state index contributed by atoms with van der Waals surface area (Å²) >= 11 is 0. The minimum absolute atomic E-state index is 0.422. The van der Waals surface area contributed by atoms with Gasteiger partial charge in [0.05, 0.1) is 20.6 Å². The lowest BCUT2D eigenvalue weighted by molar-refractivity contribution is 0.476. The normalized spacial score (nSPS) is 15.4. The van der Waals surface area contributed by atoms with Crippen molar-refractivity contribution in [1.82, 2.24) is 0 Å². The highest BCUT2D eigenvalue weighted by atomic mass is 31.2. The first-order chi connectivity index (χ1) is 9.24. The Morgan fingerprint density at radius 2 is 0.571 bits per heavy atom. The van der Waals surface area contributed by atoms with Crippen LogP contribution in [0.5, 0.6) is 0 Å². The van der Waals surface area contributed by atoms with Crippen molar-refractivity contribution >= 4 is 7.26 Å². The number of hydrogen-bond acceptors (Lipinski definition) is 0. The maximum Gasteiger partial charge on any atom is 0.0756 e. The summed E-state index contributed by atoms with van der Waals surface area (Å²) in [5.74, 6) is 0. The van der Waals surface area contributed by atoms with E-state index in [0.29, 0.717) is 20.6 Å². The molecule has 0 spiro atoms. The van der Waals surface area contributed by atoms with Gasteiger partial charge >= 0.3 is 0 Å². The minimum Gasteiger partial charge on any atom is -0.0614 e. The van der Waals surface area contributed by atoms with Gasteiger partial charge in [-0.1, -0.05) is 27.7 Å². The SMILES string of the molecule is CCC(C)(C)[P+](C(C)(C)CC)(C(C)(C)CC)C(C)(C)CC. The van der Waals surface area contributed by atoms with Gasteiger partial charge < -0.3 is 0 Å². The molecular weight excluding hydrogens is 271 g/mol. The molecule has 0 bridgehead atoms. The van der Waals surface area contributed by atoms with Gasteiger partial charge in [0.2, 0.25) is 0 Å².